The zero-order valence-electron chi connectivity index (χ0n) is 11.7. The fourth-order valence-corrected chi connectivity index (χ4v) is 2.80. The van der Waals surface area contributed by atoms with Crippen LogP contribution >= 0.6 is 11.6 Å². The van der Waals surface area contributed by atoms with E-state index in [2.05, 4.69) is 23.2 Å². The molecule has 2 aromatic rings. The third kappa shape index (κ3) is 2.94. The summed E-state index contributed by atoms with van der Waals surface area (Å²) in [6.07, 6.45) is 5.77. The van der Waals surface area contributed by atoms with E-state index in [1.54, 1.807) is 13.3 Å². The Hall–Kier alpha value is -1.84. The van der Waals surface area contributed by atoms with E-state index in [4.69, 9.17) is 21.1 Å². The van der Waals surface area contributed by atoms with Crippen LogP contribution in [-0.4, -0.2) is 18.7 Å². The number of rotatable bonds is 3. The number of ether oxygens (including phenoxy) is 2. The van der Waals surface area contributed by atoms with Gasteiger partial charge in [0.15, 0.2) is 0 Å². The van der Waals surface area contributed by atoms with E-state index in [0.717, 1.165) is 16.9 Å². The highest BCUT2D eigenvalue weighted by molar-refractivity contribution is 6.30. The summed E-state index contributed by atoms with van der Waals surface area (Å²) in [5, 5.41) is 0.497. The van der Waals surface area contributed by atoms with E-state index in [1.807, 2.05) is 30.3 Å². The van der Waals surface area contributed by atoms with Gasteiger partial charge in [0, 0.05) is 17.7 Å². The highest BCUT2D eigenvalue weighted by Crippen LogP contribution is 2.39. The van der Waals surface area contributed by atoms with Gasteiger partial charge in [0.2, 0.25) is 0 Å². The molecule has 0 amide bonds. The lowest BCUT2D eigenvalue weighted by Gasteiger charge is -2.29. The molecule has 0 N–H and O–H groups in total. The summed E-state index contributed by atoms with van der Waals surface area (Å²) >= 11 is 6.22. The zero-order valence-corrected chi connectivity index (χ0v) is 12.5. The van der Waals surface area contributed by atoms with Gasteiger partial charge in [0.25, 0.3) is 0 Å². The number of benzene rings is 1. The van der Waals surface area contributed by atoms with Gasteiger partial charge in [0.1, 0.15) is 10.9 Å². The third-order valence-electron chi connectivity index (χ3n) is 3.64. The van der Waals surface area contributed by atoms with Gasteiger partial charge in [-0.25, -0.2) is 4.98 Å². The minimum Gasteiger partial charge on any atom is -0.497 e. The second kappa shape index (κ2) is 6.29. The van der Waals surface area contributed by atoms with Crippen LogP contribution in [0.25, 0.3) is 0 Å². The van der Waals surface area contributed by atoms with E-state index in [9.17, 15) is 0 Å². The first kappa shape index (κ1) is 14.1. The molecule has 3 nitrogen and oxygen atoms in total. The van der Waals surface area contributed by atoms with Crippen LogP contribution in [0.15, 0.2) is 54.7 Å². The average Bonchev–Trinajstić information content (AvgIpc) is 2.55. The predicted molar refractivity (Wildman–Crippen MR) is 82.8 cm³/mol. The van der Waals surface area contributed by atoms with Crippen molar-refractivity contribution in [1.82, 2.24) is 4.98 Å². The Labute approximate surface area is 129 Å². The molecule has 1 aliphatic heterocycles. The second-order valence-corrected chi connectivity index (χ2v) is 5.22. The lowest BCUT2D eigenvalue weighted by molar-refractivity contribution is 0.0535. The Balaban J connectivity index is 1.96. The molecule has 1 aromatic carbocycles. The number of hydrogen-bond donors (Lipinski definition) is 0. The summed E-state index contributed by atoms with van der Waals surface area (Å²) in [6.45, 7) is 0.586. The van der Waals surface area contributed by atoms with Crippen LogP contribution in [0, 0.1) is 0 Å². The van der Waals surface area contributed by atoms with Crippen molar-refractivity contribution in [1.29, 1.82) is 0 Å². The van der Waals surface area contributed by atoms with Crippen molar-refractivity contribution >= 4 is 11.6 Å². The molecule has 2 atom stereocenters. The minimum absolute atomic E-state index is 0.117. The maximum atomic E-state index is 6.22. The zero-order chi connectivity index (χ0) is 14.7. The maximum Gasteiger partial charge on any atom is 0.134 e. The molecule has 0 radical (unpaired) electrons. The largest absolute Gasteiger partial charge is 0.497 e. The molecule has 1 aliphatic rings. The maximum absolute atomic E-state index is 6.22. The molecule has 1 aromatic heterocycles. The highest BCUT2D eigenvalue weighted by Gasteiger charge is 2.27. The van der Waals surface area contributed by atoms with Crippen molar-refractivity contribution in [2.24, 2.45) is 0 Å². The fourth-order valence-electron chi connectivity index (χ4n) is 2.57. The van der Waals surface area contributed by atoms with Crippen LogP contribution in [0.5, 0.6) is 5.75 Å². The van der Waals surface area contributed by atoms with Crippen LogP contribution in [0.2, 0.25) is 5.15 Å². The molecule has 108 valence electrons. The van der Waals surface area contributed by atoms with Gasteiger partial charge in [-0.1, -0.05) is 42.0 Å². The standard InChI is InChI=1S/C17H16ClNO2/c1-20-13-8-6-12(7-9-13)14-5-3-11-21-16(14)15-4-2-10-19-17(15)18/h2-10,14,16H,11H2,1H3/t14-,16+/m0/s1. The number of aromatic nitrogens is 1. The lowest BCUT2D eigenvalue weighted by Crippen LogP contribution is -2.18. The molecule has 4 heteroatoms. The summed E-state index contributed by atoms with van der Waals surface area (Å²) in [5.74, 6) is 0.960. The van der Waals surface area contributed by atoms with Crippen molar-refractivity contribution in [3.8, 4) is 5.75 Å². The Morgan fingerprint density at radius 3 is 2.76 bits per heavy atom. The minimum atomic E-state index is -0.121. The van der Waals surface area contributed by atoms with Gasteiger partial charge in [-0.05, 0) is 23.8 Å². The van der Waals surface area contributed by atoms with Crippen LogP contribution < -0.4 is 4.74 Å². The molecule has 0 saturated carbocycles. The first-order valence-electron chi connectivity index (χ1n) is 6.82. The molecular formula is C17H16ClNO2. The molecule has 0 saturated heterocycles. The Kier molecular flexibility index (Phi) is 4.23. The van der Waals surface area contributed by atoms with Gasteiger partial charge < -0.3 is 9.47 Å². The smallest absolute Gasteiger partial charge is 0.134 e. The van der Waals surface area contributed by atoms with Crippen molar-refractivity contribution in [2.75, 3.05) is 13.7 Å². The first-order valence-corrected chi connectivity index (χ1v) is 7.20. The van der Waals surface area contributed by atoms with Crippen LogP contribution in [0.1, 0.15) is 23.1 Å². The van der Waals surface area contributed by atoms with Crippen LogP contribution in [-0.2, 0) is 4.74 Å². The van der Waals surface area contributed by atoms with Crippen molar-refractivity contribution in [3.63, 3.8) is 0 Å². The monoisotopic (exact) mass is 301 g/mol. The summed E-state index contributed by atoms with van der Waals surface area (Å²) in [5.41, 5.74) is 2.08. The average molecular weight is 302 g/mol. The topological polar surface area (TPSA) is 31.4 Å². The summed E-state index contributed by atoms with van der Waals surface area (Å²) < 4.78 is 11.1. The summed E-state index contributed by atoms with van der Waals surface area (Å²) in [7, 11) is 1.66. The SMILES string of the molecule is COc1ccc([C@@H]2C=CCO[C@H]2c2cccnc2Cl)cc1. The van der Waals surface area contributed by atoms with Gasteiger partial charge >= 0.3 is 0 Å². The number of methoxy groups -OCH3 is 1. The van der Waals surface area contributed by atoms with E-state index >= 15 is 0 Å². The number of pyridine rings is 1. The third-order valence-corrected chi connectivity index (χ3v) is 3.95. The predicted octanol–water partition coefficient (Wildman–Crippen LogP) is 4.15. The van der Waals surface area contributed by atoms with Crippen LogP contribution in [0.4, 0.5) is 0 Å². The molecule has 0 aliphatic carbocycles. The van der Waals surface area contributed by atoms with Crippen molar-refractivity contribution in [3.05, 3.63) is 71.0 Å². The molecular weight excluding hydrogens is 286 g/mol. The Bertz CT molecular complexity index is 639. The van der Waals surface area contributed by atoms with E-state index in [-0.39, 0.29) is 12.0 Å². The summed E-state index contributed by atoms with van der Waals surface area (Å²) in [4.78, 5) is 4.15. The van der Waals surface area contributed by atoms with E-state index in [0.29, 0.717) is 11.8 Å². The number of hydrogen-bond acceptors (Lipinski definition) is 3. The number of nitrogens with zero attached hydrogens (tertiary/aromatic N) is 1. The quantitative estimate of drug-likeness (QED) is 0.630. The highest BCUT2D eigenvalue weighted by atomic mass is 35.5. The van der Waals surface area contributed by atoms with Gasteiger partial charge in [-0.3, -0.25) is 0 Å². The van der Waals surface area contributed by atoms with Gasteiger partial charge in [-0.15, -0.1) is 0 Å². The fraction of sp³-hybridized carbons (Fsp3) is 0.235. The van der Waals surface area contributed by atoms with Crippen LogP contribution in [0.3, 0.4) is 0 Å². The van der Waals surface area contributed by atoms with Crippen molar-refractivity contribution < 1.29 is 9.47 Å². The van der Waals surface area contributed by atoms with Crippen molar-refractivity contribution in [2.45, 2.75) is 12.0 Å². The molecule has 0 unspecified atom stereocenters. The molecule has 2 heterocycles. The van der Waals surface area contributed by atoms with Gasteiger partial charge in [0.05, 0.1) is 19.8 Å². The van der Waals surface area contributed by atoms with E-state index in [1.165, 1.54) is 0 Å². The molecule has 3 rings (SSSR count). The lowest BCUT2D eigenvalue weighted by atomic mass is 9.88. The molecule has 21 heavy (non-hydrogen) atoms. The Morgan fingerprint density at radius 2 is 2.05 bits per heavy atom. The second-order valence-electron chi connectivity index (χ2n) is 4.86. The molecule has 0 spiro atoms. The number of halogens is 1. The first-order chi connectivity index (χ1) is 10.3. The Morgan fingerprint density at radius 1 is 1.24 bits per heavy atom. The van der Waals surface area contributed by atoms with E-state index < -0.39 is 0 Å². The summed E-state index contributed by atoms with van der Waals surface area (Å²) in [6, 6.07) is 11.9. The normalized spacial score (nSPS) is 21.2. The molecule has 0 bridgehead atoms. The van der Waals surface area contributed by atoms with Gasteiger partial charge in [-0.2, -0.15) is 0 Å². The molecule has 0 fully saturated rings.